The van der Waals surface area contributed by atoms with Gasteiger partial charge in [-0.15, -0.1) is 0 Å². The van der Waals surface area contributed by atoms with Gasteiger partial charge < -0.3 is 15.4 Å². The predicted octanol–water partition coefficient (Wildman–Crippen LogP) is 1.83. The Balaban J connectivity index is 2.50. The Bertz CT molecular complexity index is 524. The van der Waals surface area contributed by atoms with Crippen LogP contribution >= 0.6 is 11.6 Å². The van der Waals surface area contributed by atoms with Crippen LogP contribution in [0.25, 0.3) is 5.69 Å². The molecule has 0 radical (unpaired) electrons. The number of nitrogens with zero attached hydrogens (tertiary/aromatic N) is 2. The first kappa shape index (κ1) is 12.1. The maximum absolute atomic E-state index is 9.10. The zero-order valence-electron chi connectivity index (χ0n) is 9.47. The Kier molecular flexibility index (Phi) is 3.47. The number of hydrogen-bond donors (Lipinski definition) is 2. The number of benzene rings is 1. The van der Waals surface area contributed by atoms with E-state index in [1.54, 1.807) is 12.5 Å². The fraction of sp³-hybridized carbons (Fsp3) is 0.250. The van der Waals surface area contributed by atoms with E-state index in [9.17, 15) is 0 Å². The van der Waals surface area contributed by atoms with Gasteiger partial charge in [0.1, 0.15) is 0 Å². The standard InChI is InChI=1S/C12H14ClN3O/c1-8-4-9(13)2-3-11(8)16-7-15-5-12(16)10(14)6-17/h2-5,7,10,17H,6,14H2,1H3. The normalized spacial score (nSPS) is 12.7. The van der Waals surface area contributed by atoms with Crippen LogP contribution in [0.3, 0.4) is 0 Å². The first-order valence-corrected chi connectivity index (χ1v) is 5.66. The molecular formula is C12H14ClN3O. The van der Waals surface area contributed by atoms with Crippen molar-refractivity contribution in [1.29, 1.82) is 0 Å². The molecule has 90 valence electrons. The van der Waals surface area contributed by atoms with Gasteiger partial charge in [0, 0.05) is 10.7 Å². The number of nitrogens with two attached hydrogens (primary N) is 1. The van der Waals surface area contributed by atoms with Crippen molar-refractivity contribution in [3.8, 4) is 5.69 Å². The highest BCUT2D eigenvalue weighted by molar-refractivity contribution is 6.30. The molecule has 1 unspecified atom stereocenters. The van der Waals surface area contributed by atoms with Crippen LogP contribution in [0.4, 0.5) is 0 Å². The van der Waals surface area contributed by atoms with Crippen LogP contribution in [-0.2, 0) is 0 Å². The van der Waals surface area contributed by atoms with Crippen molar-refractivity contribution < 1.29 is 5.11 Å². The highest BCUT2D eigenvalue weighted by Gasteiger charge is 2.12. The van der Waals surface area contributed by atoms with Crippen LogP contribution in [0.5, 0.6) is 0 Å². The summed E-state index contributed by atoms with van der Waals surface area (Å²) < 4.78 is 1.87. The van der Waals surface area contributed by atoms with Crippen LogP contribution < -0.4 is 5.73 Å². The SMILES string of the molecule is Cc1cc(Cl)ccc1-n1cncc1C(N)CO. The van der Waals surface area contributed by atoms with Crippen LogP contribution in [0.15, 0.2) is 30.7 Å². The molecule has 2 aromatic rings. The highest BCUT2D eigenvalue weighted by Crippen LogP contribution is 2.22. The van der Waals surface area contributed by atoms with Crippen molar-refractivity contribution >= 4 is 11.6 Å². The summed E-state index contributed by atoms with van der Waals surface area (Å²) in [6.07, 6.45) is 3.34. The van der Waals surface area contributed by atoms with Gasteiger partial charge in [-0.05, 0) is 30.7 Å². The van der Waals surface area contributed by atoms with Gasteiger partial charge in [-0.25, -0.2) is 4.98 Å². The second-order valence-electron chi connectivity index (χ2n) is 3.91. The minimum atomic E-state index is -0.437. The molecule has 5 heteroatoms. The summed E-state index contributed by atoms with van der Waals surface area (Å²) in [5.74, 6) is 0. The maximum Gasteiger partial charge on any atom is 0.0994 e. The lowest BCUT2D eigenvalue weighted by Gasteiger charge is -2.14. The fourth-order valence-corrected chi connectivity index (χ4v) is 1.99. The summed E-state index contributed by atoms with van der Waals surface area (Å²) >= 11 is 5.92. The van der Waals surface area contributed by atoms with Crippen molar-refractivity contribution in [3.63, 3.8) is 0 Å². The van der Waals surface area contributed by atoms with Crippen LogP contribution in [0.2, 0.25) is 5.02 Å². The molecular weight excluding hydrogens is 238 g/mol. The minimum absolute atomic E-state index is 0.113. The second kappa shape index (κ2) is 4.87. The quantitative estimate of drug-likeness (QED) is 0.875. The molecule has 0 saturated carbocycles. The van der Waals surface area contributed by atoms with E-state index in [-0.39, 0.29) is 6.61 Å². The smallest absolute Gasteiger partial charge is 0.0994 e. The second-order valence-corrected chi connectivity index (χ2v) is 4.34. The molecule has 0 saturated heterocycles. The fourth-order valence-electron chi connectivity index (χ4n) is 1.76. The van der Waals surface area contributed by atoms with E-state index in [1.165, 1.54) is 0 Å². The molecule has 0 bridgehead atoms. The number of imidazole rings is 1. The third-order valence-corrected chi connectivity index (χ3v) is 2.90. The number of aryl methyl sites for hydroxylation is 1. The van der Waals surface area contributed by atoms with Gasteiger partial charge >= 0.3 is 0 Å². The molecule has 0 spiro atoms. The predicted molar refractivity (Wildman–Crippen MR) is 67.3 cm³/mol. The minimum Gasteiger partial charge on any atom is -0.394 e. The van der Waals surface area contributed by atoms with E-state index in [1.807, 2.05) is 29.7 Å². The maximum atomic E-state index is 9.10. The van der Waals surface area contributed by atoms with E-state index < -0.39 is 6.04 Å². The van der Waals surface area contributed by atoms with E-state index in [2.05, 4.69) is 4.98 Å². The molecule has 1 aromatic carbocycles. The van der Waals surface area contributed by atoms with Gasteiger partial charge in [0.2, 0.25) is 0 Å². The third kappa shape index (κ3) is 2.34. The van der Waals surface area contributed by atoms with Crippen molar-refractivity contribution in [2.24, 2.45) is 5.73 Å². The molecule has 17 heavy (non-hydrogen) atoms. The average molecular weight is 252 g/mol. The lowest BCUT2D eigenvalue weighted by molar-refractivity contribution is 0.265. The van der Waals surface area contributed by atoms with Crippen LogP contribution in [0, 0.1) is 6.92 Å². The molecule has 1 atom stereocenters. The monoisotopic (exact) mass is 251 g/mol. The largest absolute Gasteiger partial charge is 0.394 e. The van der Waals surface area contributed by atoms with Gasteiger partial charge in [0.15, 0.2) is 0 Å². The zero-order valence-corrected chi connectivity index (χ0v) is 10.2. The number of hydrogen-bond acceptors (Lipinski definition) is 3. The summed E-state index contributed by atoms with van der Waals surface area (Å²) in [6, 6.07) is 5.17. The van der Waals surface area contributed by atoms with Crippen LogP contribution in [0.1, 0.15) is 17.3 Å². The average Bonchev–Trinajstić information content (AvgIpc) is 2.77. The molecule has 1 heterocycles. The van der Waals surface area contributed by atoms with Gasteiger partial charge in [-0.2, -0.15) is 0 Å². The Morgan fingerprint density at radius 1 is 1.53 bits per heavy atom. The number of rotatable bonds is 3. The summed E-state index contributed by atoms with van der Waals surface area (Å²) in [5.41, 5.74) is 8.59. The van der Waals surface area contributed by atoms with Crippen molar-refractivity contribution in [2.45, 2.75) is 13.0 Å². The van der Waals surface area contributed by atoms with E-state index in [0.29, 0.717) is 5.02 Å². The first-order chi connectivity index (χ1) is 8.13. The Hall–Kier alpha value is -1.36. The number of aliphatic hydroxyl groups is 1. The molecule has 0 amide bonds. The van der Waals surface area contributed by atoms with Crippen molar-refractivity contribution in [1.82, 2.24) is 9.55 Å². The van der Waals surface area contributed by atoms with Gasteiger partial charge in [-0.1, -0.05) is 11.6 Å². The van der Waals surface area contributed by atoms with E-state index in [4.69, 9.17) is 22.4 Å². The topological polar surface area (TPSA) is 64.1 Å². The zero-order chi connectivity index (χ0) is 12.4. The first-order valence-electron chi connectivity index (χ1n) is 5.28. The molecule has 3 N–H and O–H groups in total. The summed E-state index contributed by atoms with van der Waals surface area (Å²) in [6.45, 7) is 1.85. The van der Waals surface area contributed by atoms with Gasteiger partial charge in [0.25, 0.3) is 0 Å². The molecule has 1 aromatic heterocycles. The third-order valence-electron chi connectivity index (χ3n) is 2.66. The Morgan fingerprint density at radius 2 is 2.29 bits per heavy atom. The van der Waals surface area contributed by atoms with Crippen LogP contribution in [-0.4, -0.2) is 21.3 Å². The van der Waals surface area contributed by atoms with Crippen molar-refractivity contribution in [3.05, 3.63) is 47.0 Å². The summed E-state index contributed by atoms with van der Waals surface area (Å²) in [7, 11) is 0. The molecule has 0 fully saturated rings. The van der Waals surface area contributed by atoms with E-state index >= 15 is 0 Å². The van der Waals surface area contributed by atoms with E-state index in [0.717, 1.165) is 16.9 Å². The summed E-state index contributed by atoms with van der Waals surface area (Å²) in [5, 5.41) is 9.80. The molecule has 4 nitrogen and oxygen atoms in total. The summed E-state index contributed by atoms with van der Waals surface area (Å²) in [4.78, 5) is 4.07. The number of aromatic nitrogens is 2. The molecule has 0 aliphatic rings. The number of aliphatic hydroxyl groups excluding tert-OH is 1. The number of halogens is 1. The van der Waals surface area contributed by atoms with Crippen molar-refractivity contribution in [2.75, 3.05) is 6.61 Å². The Labute approximate surface area is 105 Å². The molecule has 0 aliphatic carbocycles. The molecule has 2 rings (SSSR count). The lowest BCUT2D eigenvalue weighted by atomic mass is 10.1. The highest BCUT2D eigenvalue weighted by atomic mass is 35.5. The van der Waals surface area contributed by atoms with Gasteiger partial charge in [-0.3, -0.25) is 0 Å². The van der Waals surface area contributed by atoms with Gasteiger partial charge in [0.05, 0.1) is 30.9 Å². The lowest BCUT2D eigenvalue weighted by Crippen LogP contribution is -2.18. The Morgan fingerprint density at radius 3 is 2.94 bits per heavy atom. The molecule has 0 aliphatic heterocycles.